The molecule has 0 N–H and O–H groups in total. The lowest BCUT2D eigenvalue weighted by atomic mass is 9.77. The van der Waals surface area contributed by atoms with Gasteiger partial charge >= 0.3 is 7.12 Å². The maximum Gasteiger partial charge on any atom is 0.494 e. The van der Waals surface area contributed by atoms with E-state index in [0.29, 0.717) is 0 Å². The molecule has 3 rings (SSSR count). The Hall–Kier alpha value is -0.845. The fraction of sp³-hybridized carbons (Fsp3) is 0.600. The Kier molecular flexibility index (Phi) is 3.28. The largest absolute Gasteiger partial charge is 0.494 e. The summed E-state index contributed by atoms with van der Waals surface area (Å²) in [5.41, 5.74) is 1.27. The molecule has 4 nitrogen and oxygen atoms in total. The molecule has 0 amide bonds. The molecule has 1 aromatic carbocycles. The number of rotatable bonds is 2. The van der Waals surface area contributed by atoms with Crippen LogP contribution < -0.4 is 5.46 Å². The quantitative estimate of drug-likeness (QED) is 0.777. The van der Waals surface area contributed by atoms with Crippen molar-refractivity contribution >= 4 is 22.4 Å². The lowest BCUT2D eigenvalue weighted by Crippen LogP contribution is -2.41. The van der Waals surface area contributed by atoms with Crippen LogP contribution in [-0.2, 0) is 19.1 Å². The van der Waals surface area contributed by atoms with Gasteiger partial charge in [0.1, 0.15) is 0 Å². The Bertz CT molecular complexity index is 638. The minimum atomic E-state index is -2.81. The zero-order valence-corrected chi connectivity index (χ0v) is 13.7. The van der Waals surface area contributed by atoms with Crippen LogP contribution in [0.15, 0.2) is 24.3 Å². The Labute approximate surface area is 126 Å². The van der Waals surface area contributed by atoms with Gasteiger partial charge in [0.25, 0.3) is 0 Å². The number of sulfone groups is 1. The van der Waals surface area contributed by atoms with Crippen molar-refractivity contribution in [1.82, 2.24) is 0 Å². The van der Waals surface area contributed by atoms with Crippen molar-refractivity contribution in [3.63, 3.8) is 0 Å². The van der Waals surface area contributed by atoms with Gasteiger partial charge in [0.2, 0.25) is 0 Å². The molecule has 0 unspecified atom stereocenters. The van der Waals surface area contributed by atoms with Crippen LogP contribution in [0.5, 0.6) is 0 Å². The van der Waals surface area contributed by atoms with Crippen LogP contribution >= 0.6 is 0 Å². The summed E-state index contributed by atoms with van der Waals surface area (Å²) >= 11 is 0. The zero-order chi connectivity index (χ0) is 15.5. The van der Waals surface area contributed by atoms with E-state index in [4.69, 9.17) is 9.31 Å². The molecule has 0 aromatic heterocycles. The van der Waals surface area contributed by atoms with E-state index in [1.165, 1.54) is 0 Å². The van der Waals surface area contributed by atoms with Crippen molar-refractivity contribution in [3.05, 3.63) is 29.8 Å². The van der Waals surface area contributed by atoms with Gasteiger partial charge < -0.3 is 9.31 Å². The summed E-state index contributed by atoms with van der Waals surface area (Å²) in [7, 11) is -3.21. The highest BCUT2D eigenvalue weighted by Crippen LogP contribution is 2.37. The van der Waals surface area contributed by atoms with Crippen LogP contribution in [0, 0.1) is 0 Å². The first-order chi connectivity index (χ1) is 9.60. The van der Waals surface area contributed by atoms with Crippen LogP contribution in [-0.4, -0.2) is 38.2 Å². The minimum absolute atomic E-state index is 0.109. The third-order valence-corrected chi connectivity index (χ3v) is 6.64. The maximum absolute atomic E-state index is 11.3. The topological polar surface area (TPSA) is 52.6 Å². The standard InChI is InChI=1S/C15H21BO4S/c1-14(2)15(3,4)20-16(19-14)13-7-5-6-11(8-13)12-9-21(17,18)10-12/h5-8,12H,9-10H2,1-4H3. The van der Waals surface area contributed by atoms with Gasteiger partial charge in [-0.3, -0.25) is 0 Å². The first kappa shape index (κ1) is 15.1. The molecule has 0 aliphatic carbocycles. The molecule has 2 saturated heterocycles. The van der Waals surface area contributed by atoms with Crippen LogP contribution in [0.4, 0.5) is 0 Å². The number of benzene rings is 1. The van der Waals surface area contributed by atoms with Crippen molar-refractivity contribution < 1.29 is 17.7 Å². The highest BCUT2D eigenvalue weighted by atomic mass is 32.2. The average molecular weight is 308 g/mol. The lowest BCUT2D eigenvalue weighted by molar-refractivity contribution is 0.00578. The molecule has 0 bridgehead atoms. The first-order valence-corrected chi connectivity index (χ1v) is 9.08. The molecule has 21 heavy (non-hydrogen) atoms. The third kappa shape index (κ3) is 2.65. The van der Waals surface area contributed by atoms with Crippen molar-refractivity contribution in [3.8, 4) is 0 Å². The van der Waals surface area contributed by atoms with Crippen LogP contribution in [0.2, 0.25) is 0 Å². The Balaban J connectivity index is 1.82. The average Bonchev–Trinajstić information content (AvgIpc) is 2.56. The second-order valence-electron chi connectivity index (χ2n) is 7.03. The van der Waals surface area contributed by atoms with Gasteiger partial charge in [0, 0.05) is 5.92 Å². The van der Waals surface area contributed by atoms with E-state index >= 15 is 0 Å². The van der Waals surface area contributed by atoms with Crippen molar-refractivity contribution in [2.45, 2.75) is 44.8 Å². The predicted molar refractivity (Wildman–Crippen MR) is 83.6 cm³/mol. The van der Waals surface area contributed by atoms with Crippen LogP contribution in [0.3, 0.4) is 0 Å². The summed E-state index contributed by atoms with van der Waals surface area (Å²) in [4.78, 5) is 0. The Morgan fingerprint density at radius 2 is 1.67 bits per heavy atom. The number of hydrogen-bond acceptors (Lipinski definition) is 4. The molecule has 0 spiro atoms. The fourth-order valence-electron chi connectivity index (χ4n) is 2.70. The molecule has 2 aliphatic heterocycles. The summed E-state index contributed by atoms with van der Waals surface area (Å²) in [5, 5.41) is 0. The SMILES string of the molecule is CC1(C)OB(c2cccc(C3CS(=O)(=O)C3)c2)OC1(C)C. The van der Waals surface area contributed by atoms with E-state index < -0.39 is 17.0 Å². The summed E-state index contributed by atoms with van der Waals surface area (Å²) < 4.78 is 34.7. The third-order valence-electron chi connectivity index (χ3n) is 4.82. The van der Waals surface area contributed by atoms with E-state index in [1.54, 1.807) is 0 Å². The Morgan fingerprint density at radius 3 is 2.19 bits per heavy atom. The van der Waals surface area contributed by atoms with E-state index in [-0.39, 0.29) is 28.6 Å². The van der Waals surface area contributed by atoms with Gasteiger partial charge in [-0.1, -0.05) is 24.3 Å². The molecule has 2 aliphatic rings. The second-order valence-corrected chi connectivity index (χ2v) is 9.19. The van der Waals surface area contributed by atoms with Crippen molar-refractivity contribution in [1.29, 1.82) is 0 Å². The van der Waals surface area contributed by atoms with Gasteiger partial charge in [0.05, 0.1) is 22.7 Å². The molecule has 1 aromatic rings. The summed E-state index contributed by atoms with van der Waals surface area (Å²) in [6.45, 7) is 8.09. The zero-order valence-electron chi connectivity index (χ0n) is 12.9. The van der Waals surface area contributed by atoms with E-state index in [1.807, 2.05) is 52.0 Å². The molecule has 0 atom stereocenters. The molecule has 0 radical (unpaired) electrons. The Morgan fingerprint density at radius 1 is 1.10 bits per heavy atom. The molecule has 2 fully saturated rings. The highest BCUT2D eigenvalue weighted by molar-refractivity contribution is 7.92. The van der Waals surface area contributed by atoms with Gasteiger partial charge in [-0.2, -0.15) is 0 Å². The summed E-state index contributed by atoms with van der Waals surface area (Å²) in [5.74, 6) is 0.608. The second kappa shape index (κ2) is 4.57. The van der Waals surface area contributed by atoms with Crippen molar-refractivity contribution in [2.24, 2.45) is 0 Å². The maximum atomic E-state index is 11.3. The molecular formula is C15H21BO4S. The summed E-state index contributed by atoms with van der Waals surface area (Å²) in [6, 6.07) is 7.91. The highest BCUT2D eigenvalue weighted by Gasteiger charge is 2.51. The van der Waals surface area contributed by atoms with Crippen molar-refractivity contribution in [2.75, 3.05) is 11.5 Å². The monoisotopic (exact) mass is 308 g/mol. The molecule has 6 heteroatoms. The van der Waals surface area contributed by atoms with E-state index in [0.717, 1.165) is 11.0 Å². The molecule has 2 heterocycles. The van der Waals surface area contributed by atoms with E-state index in [9.17, 15) is 8.42 Å². The molecular weight excluding hydrogens is 287 g/mol. The smallest absolute Gasteiger partial charge is 0.399 e. The van der Waals surface area contributed by atoms with Gasteiger partial charge in [-0.15, -0.1) is 0 Å². The lowest BCUT2D eigenvalue weighted by Gasteiger charge is -2.32. The van der Waals surface area contributed by atoms with Crippen LogP contribution in [0.25, 0.3) is 0 Å². The first-order valence-electron chi connectivity index (χ1n) is 7.26. The van der Waals surface area contributed by atoms with Gasteiger partial charge in [-0.25, -0.2) is 8.42 Å². The fourth-order valence-corrected chi connectivity index (χ4v) is 4.21. The minimum Gasteiger partial charge on any atom is -0.399 e. The van der Waals surface area contributed by atoms with E-state index in [2.05, 4.69) is 0 Å². The summed E-state index contributed by atoms with van der Waals surface area (Å²) in [6.07, 6.45) is 0. The normalized spacial score (nSPS) is 26.6. The van der Waals surface area contributed by atoms with Gasteiger partial charge in [0.15, 0.2) is 9.84 Å². The number of hydrogen-bond donors (Lipinski definition) is 0. The van der Waals surface area contributed by atoms with Gasteiger partial charge in [-0.05, 0) is 38.7 Å². The molecule has 114 valence electrons. The van der Waals surface area contributed by atoms with Crippen LogP contribution in [0.1, 0.15) is 39.2 Å². The molecule has 0 saturated carbocycles. The predicted octanol–water partition coefficient (Wildman–Crippen LogP) is 1.50.